The van der Waals surface area contributed by atoms with E-state index in [-0.39, 0.29) is 5.41 Å². The van der Waals surface area contributed by atoms with E-state index in [9.17, 15) is 4.79 Å². The number of hydrogen-bond donors (Lipinski definition) is 0. The molecule has 1 fully saturated rings. The predicted octanol–water partition coefficient (Wildman–Crippen LogP) is 2.29. The third kappa shape index (κ3) is 1.02. The molecule has 1 aliphatic rings. The largest absolute Gasteiger partial charge is 0.302 e. The Bertz CT molecular complexity index is 284. The first-order valence-corrected chi connectivity index (χ1v) is 4.67. The molecule has 0 amide bonds. The standard InChI is InChI=1S/C9H10OS/c1-7-4-8(5-11-7)9(6-10)2-3-9/h4-6H,2-3H2,1H3. The number of carbonyl (C=O) groups is 1. The van der Waals surface area contributed by atoms with Crippen LogP contribution in [-0.2, 0) is 10.2 Å². The van der Waals surface area contributed by atoms with Crippen LogP contribution in [0.1, 0.15) is 23.3 Å². The fourth-order valence-electron chi connectivity index (χ4n) is 1.31. The molecule has 11 heavy (non-hydrogen) atoms. The van der Waals surface area contributed by atoms with Gasteiger partial charge in [-0.25, -0.2) is 0 Å². The van der Waals surface area contributed by atoms with Crippen LogP contribution in [0.25, 0.3) is 0 Å². The van der Waals surface area contributed by atoms with E-state index < -0.39 is 0 Å². The molecule has 0 unspecified atom stereocenters. The number of aldehydes is 1. The van der Waals surface area contributed by atoms with Crippen molar-refractivity contribution in [1.29, 1.82) is 0 Å². The van der Waals surface area contributed by atoms with E-state index in [1.807, 2.05) is 0 Å². The zero-order valence-corrected chi connectivity index (χ0v) is 7.28. The van der Waals surface area contributed by atoms with Gasteiger partial charge in [-0.05, 0) is 36.8 Å². The number of aryl methyl sites for hydroxylation is 1. The molecule has 0 atom stereocenters. The van der Waals surface area contributed by atoms with Gasteiger partial charge in [0.05, 0.1) is 5.41 Å². The quantitative estimate of drug-likeness (QED) is 0.616. The molecular weight excluding hydrogens is 156 g/mol. The van der Waals surface area contributed by atoms with Crippen molar-refractivity contribution >= 4 is 17.6 Å². The molecule has 2 heteroatoms. The number of rotatable bonds is 2. The molecule has 1 aliphatic carbocycles. The molecule has 0 N–H and O–H groups in total. The maximum absolute atomic E-state index is 10.7. The summed E-state index contributed by atoms with van der Waals surface area (Å²) in [5.41, 5.74) is 1.17. The van der Waals surface area contributed by atoms with Crippen molar-refractivity contribution in [2.45, 2.75) is 25.2 Å². The summed E-state index contributed by atoms with van der Waals surface area (Å²) in [5.74, 6) is 0. The highest BCUT2D eigenvalue weighted by Gasteiger charge is 2.44. The van der Waals surface area contributed by atoms with Gasteiger partial charge in [0, 0.05) is 4.88 Å². The fourth-order valence-corrected chi connectivity index (χ4v) is 2.12. The first kappa shape index (κ1) is 7.04. The third-order valence-corrected chi connectivity index (χ3v) is 3.18. The van der Waals surface area contributed by atoms with E-state index in [1.54, 1.807) is 11.3 Å². The lowest BCUT2D eigenvalue weighted by atomic mass is 10.0. The SMILES string of the molecule is Cc1cc(C2(C=O)CC2)cs1. The van der Waals surface area contributed by atoms with Crippen LogP contribution in [0.2, 0.25) is 0 Å². The molecule has 0 saturated heterocycles. The zero-order chi connectivity index (χ0) is 7.90. The van der Waals surface area contributed by atoms with Crippen molar-refractivity contribution in [2.75, 3.05) is 0 Å². The second kappa shape index (κ2) is 2.18. The molecule has 0 spiro atoms. The molecule has 0 bridgehead atoms. The molecule has 1 aromatic rings. The Balaban J connectivity index is 2.36. The van der Waals surface area contributed by atoms with Crippen LogP contribution >= 0.6 is 11.3 Å². The van der Waals surface area contributed by atoms with Crippen LogP contribution in [0.3, 0.4) is 0 Å². The van der Waals surface area contributed by atoms with Gasteiger partial charge in [0.1, 0.15) is 6.29 Å². The molecule has 1 nitrogen and oxygen atoms in total. The van der Waals surface area contributed by atoms with Gasteiger partial charge in [0.25, 0.3) is 0 Å². The summed E-state index contributed by atoms with van der Waals surface area (Å²) in [7, 11) is 0. The molecular formula is C9H10OS. The summed E-state index contributed by atoms with van der Waals surface area (Å²) >= 11 is 1.73. The van der Waals surface area contributed by atoms with Gasteiger partial charge in [0.15, 0.2) is 0 Å². The van der Waals surface area contributed by atoms with Crippen LogP contribution < -0.4 is 0 Å². The second-order valence-corrected chi connectivity index (χ2v) is 4.34. The first-order valence-electron chi connectivity index (χ1n) is 3.79. The molecule has 1 saturated carbocycles. The summed E-state index contributed by atoms with van der Waals surface area (Å²) < 4.78 is 0. The van der Waals surface area contributed by atoms with Crippen LogP contribution in [0, 0.1) is 6.92 Å². The Kier molecular flexibility index (Phi) is 1.39. The summed E-state index contributed by atoms with van der Waals surface area (Å²) in [6.07, 6.45) is 3.20. The van der Waals surface area contributed by atoms with Gasteiger partial charge in [-0.2, -0.15) is 0 Å². The smallest absolute Gasteiger partial charge is 0.130 e. The Labute approximate surface area is 70.1 Å². The highest BCUT2D eigenvalue weighted by atomic mass is 32.1. The highest BCUT2D eigenvalue weighted by Crippen LogP contribution is 2.47. The molecule has 0 aromatic carbocycles. The topological polar surface area (TPSA) is 17.1 Å². The minimum atomic E-state index is -0.0647. The van der Waals surface area contributed by atoms with Gasteiger partial charge in [-0.3, -0.25) is 0 Å². The lowest BCUT2D eigenvalue weighted by Gasteiger charge is -2.00. The minimum absolute atomic E-state index is 0.0647. The Hall–Kier alpha value is -0.630. The van der Waals surface area contributed by atoms with Crippen molar-refractivity contribution in [3.05, 3.63) is 21.9 Å². The van der Waals surface area contributed by atoms with Crippen LogP contribution in [0.5, 0.6) is 0 Å². The Morgan fingerprint density at radius 2 is 2.36 bits per heavy atom. The highest BCUT2D eigenvalue weighted by molar-refractivity contribution is 7.10. The molecule has 58 valence electrons. The van der Waals surface area contributed by atoms with Crippen molar-refractivity contribution < 1.29 is 4.79 Å². The van der Waals surface area contributed by atoms with E-state index in [2.05, 4.69) is 18.4 Å². The minimum Gasteiger partial charge on any atom is -0.302 e. The average Bonchev–Trinajstić information content (AvgIpc) is 2.70. The predicted molar refractivity (Wildman–Crippen MR) is 46.0 cm³/mol. The number of thiophene rings is 1. The van der Waals surface area contributed by atoms with E-state index in [1.165, 1.54) is 10.4 Å². The summed E-state index contributed by atoms with van der Waals surface area (Å²) in [5, 5.41) is 2.11. The summed E-state index contributed by atoms with van der Waals surface area (Å²) in [4.78, 5) is 12.0. The van der Waals surface area contributed by atoms with E-state index >= 15 is 0 Å². The molecule has 0 aliphatic heterocycles. The normalized spacial score (nSPS) is 19.7. The van der Waals surface area contributed by atoms with Crippen LogP contribution in [0.15, 0.2) is 11.4 Å². The zero-order valence-electron chi connectivity index (χ0n) is 6.46. The third-order valence-electron chi connectivity index (χ3n) is 2.32. The van der Waals surface area contributed by atoms with Crippen molar-refractivity contribution in [2.24, 2.45) is 0 Å². The van der Waals surface area contributed by atoms with Crippen molar-refractivity contribution in [3.63, 3.8) is 0 Å². The second-order valence-electron chi connectivity index (χ2n) is 3.22. The number of carbonyl (C=O) groups excluding carboxylic acids is 1. The van der Waals surface area contributed by atoms with Gasteiger partial charge >= 0.3 is 0 Å². The van der Waals surface area contributed by atoms with E-state index in [0.717, 1.165) is 19.1 Å². The molecule has 0 radical (unpaired) electrons. The Morgan fingerprint density at radius 3 is 2.73 bits per heavy atom. The van der Waals surface area contributed by atoms with E-state index in [0.29, 0.717) is 0 Å². The lowest BCUT2D eigenvalue weighted by Crippen LogP contribution is -2.05. The van der Waals surface area contributed by atoms with Crippen LogP contribution in [0.4, 0.5) is 0 Å². The van der Waals surface area contributed by atoms with Gasteiger partial charge < -0.3 is 4.79 Å². The lowest BCUT2D eigenvalue weighted by molar-refractivity contribution is -0.109. The van der Waals surface area contributed by atoms with Crippen molar-refractivity contribution in [3.8, 4) is 0 Å². The van der Waals surface area contributed by atoms with Gasteiger partial charge in [-0.15, -0.1) is 11.3 Å². The van der Waals surface area contributed by atoms with Gasteiger partial charge in [0.2, 0.25) is 0 Å². The average molecular weight is 166 g/mol. The summed E-state index contributed by atoms with van der Waals surface area (Å²) in [6.45, 7) is 2.08. The molecule has 2 rings (SSSR count). The van der Waals surface area contributed by atoms with E-state index in [4.69, 9.17) is 0 Å². The van der Waals surface area contributed by atoms with Gasteiger partial charge in [-0.1, -0.05) is 0 Å². The first-order chi connectivity index (χ1) is 5.27. The van der Waals surface area contributed by atoms with Crippen molar-refractivity contribution in [1.82, 2.24) is 0 Å². The summed E-state index contributed by atoms with van der Waals surface area (Å²) in [6, 6.07) is 2.13. The molecule has 1 heterocycles. The number of hydrogen-bond acceptors (Lipinski definition) is 2. The monoisotopic (exact) mass is 166 g/mol. The molecule has 1 aromatic heterocycles. The Morgan fingerprint density at radius 1 is 1.64 bits per heavy atom. The fraction of sp³-hybridized carbons (Fsp3) is 0.444. The van der Waals surface area contributed by atoms with Crippen LogP contribution in [-0.4, -0.2) is 6.29 Å². The maximum atomic E-state index is 10.7. The maximum Gasteiger partial charge on any atom is 0.130 e.